The number of aryl methyl sites for hydroxylation is 3. The van der Waals surface area contributed by atoms with Gasteiger partial charge in [-0.2, -0.15) is 0 Å². The van der Waals surface area contributed by atoms with Gasteiger partial charge in [0.15, 0.2) is 11.5 Å². The maximum Gasteiger partial charge on any atom is 0.201 e. The molecule has 0 amide bonds. The quantitative estimate of drug-likeness (QED) is 0.762. The molecule has 0 fully saturated rings. The van der Waals surface area contributed by atoms with Crippen molar-refractivity contribution in [2.45, 2.75) is 26.8 Å². The molecule has 1 atom stereocenters. The van der Waals surface area contributed by atoms with Gasteiger partial charge in [0, 0.05) is 32.4 Å². The summed E-state index contributed by atoms with van der Waals surface area (Å²) in [5.74, 6) is 2.35. The van der Waals surface area contributed by atoms with E-state index in [2.05, 4.69) is 66.9 Å². The minimum absolute atomic E-state index is 0.0913. The van der Waals surface area contributed by atoms with Gasteiger partial charge in [0.2, 0.25) is 5.96 Å². The zero-order valence-corrected chi connectivity index (χ0v) is 18.7. The number of benzene rings is 2. The predicted octanol–water partition coefficient (Wildman–Crippen LogP) is 4.57. The highest BCUT2D eigenvalue weighted by molar-refractivity contribution is 5.92. The lowest BCUT2D eigenvalue weighted by Crippen LogP contribution is -2.45. The maximum atomic E-state index is 5.53. The lowest BCUT2D eigenvalue weighted by molar-refractivity contribution is 0.354. The fourth-order valence-corrected chi connectivity index (χ4v) is 4.37. The molecule has 0 spiro atoms. The van der Waals surface area contributed by atoms with Gasteiger partial charge in [-0.1, -0.05) is 17.7 Å². The van der Waals surface area contributed by atoms with E-state index in [1.807, 2.05) is 26.2 Å². The van der Waals surface area contributed by atoms with Crippen LogP contribution in [0.5, 0.6) is 11.5 Å². The van der Waals surface area contributed by atoms with Gasteiger partial charge in [0.25, 0.3) is 0 Å². The van der Waals surface area contributed by atoms with Crippen LogP contribution in [-0.2, 0) is 0 Å². The van der Waals surface area contributed by atoms with Crippen molar-refractivity contribution in [3.63, 3.8) is 0 Å². The van der Waals surface area contributed by atoms with Crippen LogP contribution in [0.2, 0.25) is 0 Å². The van der Waals surface area contributed by atoms with Crippen LogP contribution in [0.3, 0.4) is 0 Å². The Hall–Kier alpha value is -2.95. The first-order valence-corrected chi connectivity index (χ1v) is 9.77. The highest BCUT2D eigenvalue weighted by Gasteiger charge is 2.31. The molecule has 5 heteroatoms. The molecule has 0 saturated heterocycles. The Kier molecular flexibility index (Phi) is 5.87. The SMILES string of the molecule is CN=C1N(C)C(c2ccc(OC)c(OC)c2)=CC(c2c(C)cc(C)cc2C)N1C. The second-order valence-electron chi connectivity index (χ2n) is 7.57. The molecule has 0 aliphatic carbocycles. The second kappa shape index (κ2) is 8.19. The molecule has 1 unspecified atom stereocenters. The van der Waals surface area contributed by atoms with Crippen molar-refractivity contribution in [3.8, 4) is 11.5 Å². The Bertz CT molecular complexity index is 955. The fourth-order valence-electron chi connectivity index (χ4n) is 4.37. The number of methoxy groups -OCH3 is 2. The number of rotatable bonds is 4. The van der Waals surface area contributed by atoms with Gasteiger partial charge in [-0.15, -0.1) is 0 Å². The summed E-state index contributed by atoms with van der Waals surface area (Å²) < 4.78 is 10.9. The molecule has 0 radical (unpaired) electrons. The molecule has 2 aromatic rings. The number of hydrogen-bond acceptors (Lipinski definition) is 3. The van der Waals surface area contributed by atoms with Crippen molar-refractivity contribution in [2.75, 3.05) is 35.4 Å². The van der Waals surface area contributed by atoms with E-state index in [9.17, 15) is 0 Å². The Balaban J connectivity index is 2.20. The summed E-state index contributed by atoms with van der Waals surface area (Å²) >= 11 is 0. The number of guanidine groups is 1. The lowest BCUT2D eigenvalue weighted by atomic mass is 9.91. The normalized spacial score (nSPS) is 18.1. The Morgan fingerprint density at radius 2 is 1.52 bits per heavy atom. The van der Waals surface area contributed by atoms with Crippen LogP contribution in [0.4, 0.5) is 0 Å². The molecule has 1 aliphatic heterocycles. The Morgan fingerprint density at radius 1 is 0.897 bits per heavy atom. The summed E-state index contributed by atoms with van der Waals surface area (Å²) in [7, 11) is 9.30. The molecule has 1 aliphatic rings. The van der Waals surface area contributed by atoms with Crippen LogP contribution in [0.15, 0.2) is 41.4 Å². The number of likely N-dealkylation sites (N-methyl/N-ethyl adjacent to an activating group) is 1. The van der Waals surface area contributed by atoms with E-state index >= 15 is 0 Å². The van der Waals surface area contributed by atoms with Crippen LogP contribution in [0.1, 0.15) is 33.9 Å². The first-order chi connectivity index (χ1) is 13.8. The van der Waals surface area contributed by atoms with Gasteiger partial charge < -0.3 is 19.3 Å². The van der Waals surface area contributed by atoms with Crippen LogP contribution < -0.4 is 9.47 Å². The molecule has 0 saturated carbocycles. The standard InChI is InChI=1S/C24H31N3O2/c1-15-11-16(2)23(17(3)12-15)20-14-19(26(5)24(25-4)27(20)6)18-9-10-21(28-7)22(13-18)29-8/h9-14,20H,1-8H3. The summed E-state index contributed by atoms with van der Waals surface area (Å²) in [6.07, 6.45) is 2.31. The molecule has 0 aromatic heterocycles. The molecule has 5 nitrogen and oxygen atoms in total. The molecular formula is C24H31N3O2. The zero-order valence-electron chi connectivity index (χ0n) is 18.7. The maximum absolute atomic E-state index is 5.53. The van der Waals surface area contributed by atoms with E-state index in [1.54, 1.807) is 14.2 Å². The highest BCUT2D eigenvalue weighted by Crippen LogP contribution is 2.38. The third kappa shape index (κ3) is 3.69. The average molecular weight is 394 g/mol. The molecule has 0 bridgehead atoms. The summed E-state index contributed by atoms with van der Waals surface area (Å²) in [6, 6.07) is 10.6. The van der Waals surface area contributed by atoms with Gasteiger partial charge in [-0.25, -0.2) is 0 Å². The van der Waals surface area contributed by atoms with E-state index in [0.717, 1.165) is 23.0 Å². The summed E-state index contributed by atoms with van der Waals surface area (Å²) in [5.41, 5.74) is 7.35. The van der Waals surface area contributed by atoms with Gasteiger partial charge in [-0.05, 0) is 61.7 Å². The monoisotopic (exact) mass is 393 g/mol. The average Bonchev–Trinajstić information content (AvgIpc) is 2.68. The van der Waals surface area contributed by atoms with Crippen LogP contribution in [0, 0.1) is 20.8 Å². The number of hydrogen-bond donors (Lipinski definition) is 0. The van der Waals surface area contributed by atoms with Gasteiger partial charge in [0.05, 0.1) is 20.3 Å². The van der Waals surface area contributed by atoms with Crippen LogP contribution in [0.25, 0.3) is 5.70 Å². The fraction of sp³-hybridized carbons (Fsp3) is 0.375. The van der Waals surface area contributed by atoms with Crippen molar-refractivity contribution >= 4 is 11.7 Å². The smallest absolute Gasteiger partial charge is 0.201 e. The molecule has 29 heavy (non-hydrogen) atoms. The van der Waals surface area contributed by atoms with E-state index in [-0.39, 0.29) is 6.04 Å². The molecular weight excluding hydrogens is 362 g/mol. The molecule has 0 N–H and O–H groups in total. The molecule has 2 aromatic carbocycles. The summed E-state index contributed by atoms with van der Waals surface area (Å²) in [5, 5.41) is 0. The van der Waals surface area contributed by atoms with E-state index < -0.39 is 0 Å². The van der Waals surface area contributed by atoms with Crippen molar-refractivity contribution in [1.82, 2.24) is 9.80 Å². The first kappa shape index (κ1) is 20.8. The largest absolute Gasteiger partial charge is 0.493 e. The highest BCUT2D eigenvalue weighted by atomic mass is 16.5. The van der Waals surface area contributed by atoms with E-state index in [0.29, 0.717) is 5.75 Å². The van der Waals surface area contributed by atoms with Gasteiger partial charge in [-0.3, -0.25) is 4.99 Å². The van der Waals surface area contributed by atoms with Gasteiger partial charge in [0.1, 0.15) is 0 Å². The zero-order chi connectivity index (χ0) is 21.3. The molecule has 154 valence electrons. The van der Waals surface area contributed by atoms with Crippen molar-refractivity contribution in [3.05, 3.63) is 64.2 Å². The first-order valence-electron chi connectivity index (χ1n) is 9.77. The minimum atomic E-state index is 0.0913. The molecule has 3 rings (SSSR count). The third-order valence-electron chi connectivity index (χ3n) is 5.62. The van der Waals surface area contributed by atoms with E-state index in [4.69, 9.17) is 9.47 Å². The van der Waals surface area contributed by atoms with Crippen molar-refractivity contribution in [2.24, 2.45) is 4.99 Å². The second-order valence-corrected chi connectivity index (χ2v) is 7.57. The summed E-state index contributed by atoms with van der Waals surface area (Å²) in [4.78, 5) is 8.94. The number of ether oxygens (including phenoxy) is 2. The lowest BCUT2D eigenvalue weighted by Gasteiger charge is -2.41. The van der Waals surface area contributed by atoms with Crippen LogP contribution >= 0.6 is 0 Å². The van der Waals surface area contributed by atoms with Crippen LogP contribution in [-0.4, -0.2) is 51.1 Å². The Labute approximate surface area is 174 Å². The Morgan fingerprint density at radius 3 is 2.07 bits per heavy atom. The number of nitrogens with zero attached hydrogens (tertiary/aromatic N) is 3. The topological polar surface area (TPSA) is 37.3 Å². The van der Waals surface area contributed by atoms with Crippen molar-refractivity contribution in [1.29, 1.82) is 0 Å². The summed E-state index contributed by atoms with van der Waals surface area (Å²) in [6.45, 7) is 6.52. The number of aliphatic imine (C=N–C) groups is 1. The predicted molar refractivity (Wildman–Crippen MR) is 120 cm³/mol. The van der Waals surface area contributed by atoms with Gasteiger partial charge >= 0.3 is 0 Å². The minimum Gasteiger partial charge on any atom is -0.493 e. The third-order valence-corrected chi connectivity index (χ3v) is 5.62. The van der Waals surface area contributed by atoms with E-state index in [1.165, 1.54) is 22.3 Å². The molecule has 1 heterocycles. The van der Waals surface area contributed by atoms with Crippen molar-refractivity contribution < 1.29 is 9.47 Å².